The Morgan fingerprint density at radius 3 is 2.62 bits per heavy atom. The number of carbonyl (C=O) groups is 1. The first kappa shape index (κ1) is 14.9. The van der Waals surface area contributed by atoms with E-state index in [4.69, 9.17) is 21.6 Å². The summed E-state index contributed by atoms with van der Waals surface area (Å²) in [6.45, 7) is 1.65. The van der Waals surface area contributed by atoms with Gasteiger partial charge in [-0.1, -0.05) is 17.7 Å². The summed E-state index contributed by atoms with van der Waals surface area (Å²) >= 11 is 5.86. The number of carbonyl (C=O) groups excluding carboxylic acids is 1. The molecule has 0 aliphatic heterocycles. The van der Waals surface area contributed by atoms with Crippen LogP contribution in [0.5, 0.6) is 5.75 Å². The molecule has 1 amide bonds. The molecule has 0 aliphatic rings. The highest BCUT2D eigenvalue weighted by Crippen LogP contribution is 2.19. The van der Waals surface area contributed by atoms with Crippen molar-refractivity contribution in [3.05, 3.63) is 59.1 Å². The molecule has 0 bridgehead atoms. The lowest BCUT2D eigenvalue weighted by Crippen LogP contribution is -2.30. The molecule has 0 aromatic heterocycles. The number of nitriles is 1. The SMILES string of the molecule is CC(Oc1cccc(Cl)c1)C(=O)Nc1ccc(C#N)cc1. The second-order valence-electron chi connectivity index (χ2n) is 4.40. The minimum absolute atomic E-state index is 0.278. The number of anilines is 1. The Bertz CT molecular complexity index is 677. The predicted octanol–water partition coefficient (Wildman–Crippen LogP) is 3.62. The molecule has 5 heteroatoms. The van der Waals surface area contributed by atoms with Crippen LogP contribution in [-0.4, -0.2) is 12.0 Å². The normalized spacial score (nSPS) is 11.3. The minimum Gasteiger partial charge on any atom is -0.481 e. The Labute approximate surface area is 127 Å². The van der Waals surface area contributed by atoms with Crippen molar-refractivity contribution in [2.24, 2.45) is 0 Å². The van der Waals surface area contributed by atoms with Gasteiger partial charge in [0.1, 0.15) is 5.75 Å². The zero-order chi connectivity index (χ0) is 15.2. The molecule has 2 aromatic carbocycles. The number of ether oxygens (including phenoxy) is 1. The number of halogens is 1. The molecule has 1 unspecified atom stereocenters. The van der Waals surface area contributed by atoms with Crippen LogP contribution < -0.4 is 10.1 Å². The van der Waals surface area contributed by atoms with Crippen molar-refractivity contribution in [1.82, 2.24) is 0 Å². The van der Waals surface area contributed by atoms with E-state index in [1.165, 1.54) is 0 Å². The highest BCUT2D eigenvalue weighted by Gasteiger charge is 2.15. The molecule has 0 spiro atoms. The quantitative estimate of drug-likeness (QED) is 0.938. The third-order valence-electron chi connectivity index (χ3n) is 2.76. The molecule has 0 saturated carbocycles. The highest BCUT2D eigenvalue weighted by molar-refractivity contribution is 6.30. The minimum atomic E-state index is -0.667. The first-order valence-electron chi connectivity index (χ1n) is 6.32. The fourth-order valence-corrected chi connectivity index (χ4v) is 1.85. The summed E-state index contributed by atoms with van der Waals surface area (Å²) in [4.78, 5) is 12.0. The van der Waals surface area contributed by atoms with Crippen LogP contribution in [0.4, 0.5) is 5.69 Å². The number of nitrogens with zero attached hydrogens (tertiary/aromatic N) is 1. The van der Waals surface area contributed by atoms with Crippen LogP contribution >= 0.6 is 11.6 Å². The van der Waals surface area contributed by atoms with Crippen LogP contribution in [0.15, 0.2) is 48.5 Å². The van der Waals surface area contributed by atoms with Crippen molar-refractivity contribution >= 4 is 23.2 Å². The standard InChI is InChI=1S/C16H13ClN2O2/c1-11(21-15-4-2-3-13(17)9-15)16(20)19-14-7-5-12(10-18)6-8-14/h2-9,11H,1H3,(H,19,20). The third kappa shape index (κ3) is 4.23. The van der Waals surface area contributed by atoms with Crippen molar-refractivity contribution in [3.63, 3.8) is 0 Å². The van der Waals surface area contributed by atoms with E-state index >= 15 is 0 Å². The molecule has 2 aromatic rings. The lowest BCUT2D eigenvalue weighted by molar-refractivity contribution is -0.122. The van der Waals surface area contributed by atoms with Gasteiger partial charge in [0.25, 0.3) is 5.91 Å². The number of nitrogens with one attached hydrogen (secondary N) is 1. The number of benzene rings is 2. The third-order valence-corrected chi connectivity index (χ3v) is 2.99. The first-order chi connectivity index (χ1) is 10.1. The number of amides is 1. The van der Waals surface area contributed by atoms with Gasteiger partial charge in [-0.25, -0.2) is 0 Å². The van der Waals surface area contributed by atoms with E-state index < -0.39 is 6.10 Å². The highest BCUT2D eigenvalue weighted by atomic mass is 35.5. The molecule has 21 heavy (non-hydrogen) atoms. The van der Waals surface area contributed by atoms with Gasteiger partial charge in [0.05, 0.1) is 11.6 Å². The molecule has 0 radical (unpaired) electrons. The molecule has 0 heterocycles. The van der Waals surface area contributed by atoms with Crippen LogP contribution in [0.1, 0.15) is 12.5 Å². The van der Waals surface area contributed by atoms with Crippen LogP contribution in [-0.2, 0) is 4.79 Å². The van der Waals surface area contributed by atoms with Crippen molar-refractivity contribution < 1.29 is 9.53 Å². The van der Waals surface area contributed by atoms with Gasteiger partial charge in [-0.3, -0.25) is 4.79 Å². The van der Waals surface area contributed by atoms with Gasteiger partial charge in [-0.05, 0) is 49.4 Å². The summed E-state index contributed by atoms with van der Waals surface area (Å²) in [6.07, 6.45) is -0.667. The fraction of sp³-hybridized carbons (Fsp3) is 0.125. The van der Waals surface area contributed by atoms with Crippen molar-refractivity contribution in [1.29, 1.82) is 5.26 Å². The molecular weight excluding hydrogens is 288 g/mol. The molecule has 2 rings (SSSR count). The lowest BCUT2D eigenvalue weighted by Gasteiger charge is -2.14. The van der Waals surface area contributed by atoms with Crippen LogP contribution in [0.25, 0.3) is 0 Å². The van der Waals surface area contributed by atoms with E-state index in [0.717, 1.165) is 0 Å². The van der Waals surface area contributed by atoms with E-state index in [1.807, 2.05) is 6.07 Å². The average molecular weight is 301 g/mol. The smallest absolute Gasteiger partial charge is 0.265 e. The van der Waals surface area contributed by atoms with E-state index in [1.54, 1.807) is 55.5 Å². The molecular formula is C16H13ClN2O2. The molecule has 0 saturated heterocycles. The van der Waals surface area contributed by atoms with Gasteiger partial charge < -0.3 is 10.1 Å². The average Bonchev–Trinajstić information content (AvgIpc) is 2.48. The Hall–Kier alpha value is -2.51. The lowest BCUT2D eigenvalue weighted by atomic mass is 10.2. The largest absolute Gasteiger partial charge is 0.481 e. The van der Waals surface area contributed by atoms with Gasteiger partial charge in [0.15, 0.2) is 6.10 Å². The van der Waals surface area contributed by atoms with Crippen LogP contribution in [0, 0.1) is 11.3 Å². The van der Waals surface area contributed by atoms with E-state index in [0.29, 0.717) is 22.0 Å². The topological polar surface area (TPSA) is 62.1 Å². The van der Waals surface area contributed by atoms with E-state index in [2.05, 4.69) is 5.32 Å². The maximum atomic E-state index is 12.0. The van der Waals surface area contributed by atoms with Gasteiger partial charge in [0.2, 0.25) is 0 Å². The second kappa shape index (κ2) is 6.78. The van der Waals surface area contributed by atoms with Crippen LogP contribution in [0.3, 0.4) is 0 Å². The van der Waals surface area contributed by atoms with Crippen molar-refractivity contribution in [3.8, 4) is 11.8 Å². The van der Waals surface area contributed by atoms with Gasteiger partial charge in [-0.15, -0.1) is 0 Å². The number of hydrogen-bond donors (Lipinski definition) is 1. The summed E-state index contributed by atoms with van der Waals surface area (Å²) in [5.74, 6) is 0.254. The van der Waals surface area contributed by atoms with Crippen LogP contribution in [0.2, 0.25) is 5.02 Å². The molecule has 0 aliphatic carbocycles. The maximum Gasteiger partial charge on any atom is 0.265 e. The fourth-order valence-electron chi connectivity index (χ4n) is 1.67. The zero-order valence-corrected chi connectivity index (χ0v) is 12.1. The zero-order valence-electron chi connectivity index (χ0n) is 11.3. The van der Waals surface area contributed by atoms with Gasteiger partial charge in [-0.2, -0.15) is 5.26 Å². The molecule has 106 valence electrons. The summed E-state index contributed by atoms with van der Waals surface area (Å²) in [5.41, 5.74) is 1.15. The monoisotopic (exact) mass is 300 g/mol. The molecule has 0 fully saturated rings. The Kier molecular flexibility index (Phi) is 4.81. The van der Waals surface area contributed by atoms with Crippen molar-refractivity contribution in [2.75, 3.05) is 5.32 Å². The van der Waals surface area contributed by atoms with E-state index in [-0.39, 0.29) is 5.91 Å². The summed E-state index contributed by atoms with van der Waals surface area (Å²) in [5, 5.41) is 12.0. The summed E-state index contributed by atoms with van der Waals surface area (Å²) in [7, 11) is 0. The molecule has 1 N–H and O–H groups in total. The second-order valence-corrected chi connectivity index (χ2v) is 4.83. The first-order valence-corrected chi connectivity index (χ1v) is 6.69. The Balaban J connectivity index is 1.97. The molecule has 4 nitrogen and oxygen atoms in total. The van der Waals surface area contributed by atoms with E-state index in [9.17, 15) is 4.79 Å². The summed E-state index contributed by atoms with van der Waals surface area (Å²) in [6, 6.07) is 15.5. The van der Waals surface area contributed by atoms with Gasteiger partial charge >= 0.3 is 0 Å². The number of hydrogen-bond acceptors (Lipinski definition) is 3. The Morgan fingerprint density at radius 1 is 1.29 bits per heavy atom. The number of rotatable bonds is 4. The maximum absolute atomic E-state index is 12.0. The summed E-state index contributed by atoms with van der Waals surface area (Å²) < 4.78 is 5.53. The van der Waals surface area contributed by atoms with Gasteiger partial charge in [0, 0.05) is 10.7 Å². The molecule has 1 atom stereocenters. The Morgan fingerprint density at radius 2 is 2.00 bits per heavy atom. The predicted molar refractivity (Wildman–Crippen MR) is 81.3 cm³/mol. The van der Waals surface area contributed by atoms with Crippen molar-refractivity contribution in [2.45, 2.75) is 13.0 Å².